The molecular formula is C29H33F6N3O5. The quantitative estimate of drug-likeness (QED) is 0.272. The average Bonchev–Trinajstić information content (AvgIpc) is 3.31. The minimum atomic E-state index is -5.08. The topological polar surface area (TPSA) is 100 Å². The number of carbonyl (C=O) groups excluding carboxylic acids is 1. The van der Waals surface area contributed by atoms with Crippen LogP contribution in [-0.4, -0.2) is 67.1 Å². The Bertz CT molecular complexity index is 1340. The van der Waals surface area contributed by atoms with E-state index in [0.717, 1.165) is 44.4 Å². The molecule has 43 heavy (non-hydrogen) atoms. The van der Waals surface area contributed by atoms with Gasteiger partial charge in [-0.25, -0.2) is 22.8 Å². The molecule has 1 aliphatic heterocycles. The Morgan fingerprint density at radius 2 is 1.65 bits per heavy atom. The Labute approximate surface area is 244 Å². The largest absolute Gasteiger partial charge is 0.493 e. The summed E-state index contributed by atoms with van der Waals surface area (Å²) in [4.78, 5) is 24.2. The molecule has 0 spiro atoms. The Morgan fingerprint density at radius 1 is 0.977 bits per heavy atom. The molecule has 3 atom stereocenters. The molecule has 0 radical (unpaired) electrons. The van der Waals surface area contributed by atoms with Crippen molar-refractivity contribution in [3.8, 4) is 11.5 Å². The van der Waals surface area contributed by atoms with Gasteiger partial charge in [0.1, 0.15) is 0 Å². The van der Waals surface area contributed by atoms with Gasteiger partial charge in [0, 0.05) is 23.5 Å². The van der Waals surface area contributed by atoms with Crippen molar-refractivity contribution in [3.63, 3.8) is 0 Å². The number of halogens is 6. The second-order valence-electron chi connectivity index (χ2n) is 10.9. The summed E-state index contributed by atoms with van der Waals surface area (Å²) in [6.45, 7) is 1.00. The highest BCUT2D eigenvalue weighted by molar-refractivity contribution is 5.89. The van der Waals surface area contributed by atoms with Gasteiger partial charge in [-0.1, -0.05) is 12.5 Å². The van der Waals surface area contributed by atoms with Gasteiger partial charge in [-0.3, -0.25) is 4.90 Å². The summed E-state index contributed by atoms with van der Waals surface area (Å²) >= 11 is 0. The molecule has 3 aliphatic rings. The zero-order chi connectivity index (χ0) is 31.5. The second kappa shape index (κ2) is 12.9. The molecule has 0 bridgehead atoms. The number of aliphatic carboxylic acids is 1. The lowest BCUT2D eigenvalue weighted by atomic mass is 9.64. The van der Waals surface area contributed by atoms with Gasteiger partial charge in [-0.05, 0) is 74.9 Å². The lowest BCUT2D eigenvalue weighted by molar-refractivity contribution is -0.192. The van der Waals surface area contributed by atoms with Gasteiger partial charge in [-0.2, -0.15) is 13.2 Å². The fourth-order valence-electron chi connectivity index (χ4n) is 6.32. The molecule has 3 fully saturated rings. The van der Waals surface area contributed by atoms with Gasteiger partial charge >= 0.3 is 18.2 Å². The molecule has 0 aromatic heterocycles. The third-order valence-corrected chi connectivity index (χ3v) is 8.66. The summed E-state index contributed by atoms with van der Waals surface area (Å²) in [6.07, 6.45) is 1.93. The Morgan fingerprint density at radius 3 is 2.23 bits per heavy atom. The number of methoxy groups -OCH3 is 2. The first-order valence-electron chi connectivity index (χ1n) is 13.8. The predicted molar refractivity (Wildman–Crippen MR) is 144 cm³/mol. The summed E-state index contributed by atoms with van der Waals surface area (Å²) in [7, 11) is 3.27. The number of carboxylic acids is 1. The van der Waals surface area contributed by atoms with Crippen LogP contribution in [0.3, 0.4) is 0 Å². The number of carbonyl (C=O) groups is 2. The SMILES string of the molecule is COc1ccc(C23CCC(NC(=O)Nc4ccc(F)c(F)c4F)CC2N(C2CCC2)CC3)cc1OC.O=C(O)C(F)(F)F. The molecule has 2 amide bonds. The van der Waals surface area contributed by atoms with Crippen LogP contribution in [0.15, 0.2) is 30.3 Å². The number of hydrogen-bond donors (Lipinski definition) is 3. The molecule has 14 heteroatoms. The highest BCUT2D eigenvalue weighted by Gasteiger charge is 2.53. The van der Waals surface area contributed by atoms with Crippen molar-refractivity contribution < 1.29 is 50.5 Å². The smallest absolute Gasteiger partial charge is 0.490 e. The van der Waals surface area contributed by atoms with Crippen LogP contribution in [0.5, 0.6) is 11.5 Å². The fraction of sp³-hybridized carbons (Fsp3) is 0.517. The number of hydrogen-bond acceptors (Lipinski definition) is 5. The van der Waals surface area contributed by atoms with Gasteiger partial charge in [0.05, 0.1) is 19.9 Å². The number of benzene rings is 2. The molecule has 1 heterocycles. The van der Waals surface area contributed by atoms with Crippen LogP contribution in [-0.2, 0) is 10.2 Å². The van der Waals surface area contributed by atoms with Crippen LogP contribution in [0.2, 0.25) is 0 Å². The van der Waals surface area contributed by atoms with Crippen LogP contribution >= 0.6 is 0 Å². The van der Waals surface area contributed by atoms with Crippen molar-refractivity contribution in [1.29, 1.82) is 0 Å². The number of nitrogens with one attached hydrogen (secondary N) is 2. The number of urea groups is 1. The number of ether oxygens (including phenoxy) is 2. The van der Waals surface area contributed by atoms with Crippen LogP contribution in [0, 0.1) is 17.5 Å². The molecule has 5 rings (SSSR count). The standard InChI is InChI=1S/C27H32F3N3O3.C2HF3O2/c1-35-21-9-6-16(14-22(21)36-2)27-11-10-17(15-23(27)33(13-12-27)18-4-3-5-18)31-26(34)32-20-8-7-19(28)24(29)25(20)30;3-2(4,5)1(6)7/h6-9,14,17-18,23H,3-5,10-13,15H2,1-2H3,(H2,31,32,34);(H,6,7). The molecule has 2 aromatic carbocycles. The van der Waals surface area contributed by atoms with E-state index in [4.69, 9.17) is 19.4 Å². The molecular weight excluding hydrogens is 584 g/mol. The monoisotopic (exact) mass is 617 g/mol. The average molecular weight is 618 g/mol. The van der Waals surface area contributed by atoms with E-state index in [1.54, 1.807) is 14.2 Å². The number of alkyl halides is 3. The Hall–Kier alpha value is -3.68. The van der Waals surface area contributed by atoms with E-state index >= 15 is 0 Å². The number of rotatable bonds is 6. The van der Waals surface area contributed by atoms with Crippen LogP contribution in [0.1, 0.15) is 50.5 Å². The zero-order valence-electron chi connectivity index (χ0n) is 23.6. The van der Waals surface area contributed by atoms with E-state index in [9.17, 15) is 31.1 Å². The van der Waals surface area contributed by atoms with Gasteiger partial charge in [0.15, 0.2) is 29.0 Å². The van der Waals surface area contributed by atoms with Crippen LogP contribution in [0.25, 0.3) is 0 Å². The lowest BCUT2D eigenvalue weighted by Crippen LogP contribution is -2.55. The molecule has 2 saturated carbocycles. The van der Waals surface area contributed by atoms with Gasteiger partial charge < -0.3 is 25.2 Å². The van der Waals surface area contributed by atoms with E-state index in [1.165, 1.54) is 24.8 Å². The van der Waals surface area contributed by atoms with E-state index < -0.39 is 35.6 Å². The Kier molecular flexibility index (Phi) is 9.67. The van der Waals surface area contributed by atoms with Crippen molar-refractivity contribution >= 4 is 17.7 Å². The normalized spacial score (nSPS) is 23.7. The summed E-state index contributed by atoms with van der Waals surface area (Å²) in [6, 6.07) is 8.02. The van der Waals surface area contributed by atoms with Gasteiger partial charge in [0.2, 0.25) is 0 Å². The molecule has 3 unspecified atom stereocenters. The van der Waals surface area contributed by atoms with Crippen LogP contribution in [0.4, 0.5) is 36.8 Å². The minimum Gasteiger partial charge on any atom is -0.493 e. The maximum absolute atomic E-state index is 14.0. The van der Waals surface area contributed by atoms with Crippen LogP contribution < -0.4 is 20.1 Å². The third kappa shape index (κ3) is 6.78. The lowest BCUT2D eigenvalue weighted by Gasteiger charge is -2.48. The van der Waals surface area contributed by atoms with Crippen molar-refractivity contribution in [3.05, 3.63) is 53.3 Å². The molecule has 236 valence electrons. The van der Waals surface area contributed by atoms with E-state index in [0.29, 0.717) is 17.5 Å². The zero-order valence-corrected chi connectivity index (χ0v) is 23.6. The summed E-state index contributed by atoms with van der Waals surface area (Å²) < 4.78 is 83.6. The first-order valence-corrected chi connectivity index (χ1v) is 13.8. The van der Waals surface area contributed by atoms with Crippen molar-refractivity contribution in [1.82, 2.24) is 10.2 Å². The number of nitrogens with zero attached hydrogens (tertiary/aromatic N) is 1. The van der Waals surface area contributed by atoms with E-state index in [-0.39, 0.29) is 23.2 Å². The highest BCUT2D eigenvalue weighted by Crippen LogP contribution is 2.52. The molecule has 8 nitrogen and oxygen atoms in total. The minimum absolute atomic E-state index is 0.0595. The van der Waals surface area contributed by atoms with Crippen molar-refractivity contribution in [2.45, 2.75) is 74.7 Å². The summed E-state index contributed by atoms with van der Waals surface area (Å²) in [5.41, 5.74) is 0.772. The summed E-state index contributed by atoms with van der Waals surface area (Å²) in [5, 5.41) is 12.4. The third-order valence-electron chi connectivity index (χ3n) is 8.66. The van der Waals surface area contributed by atoms with Gasteiger partial charge in [0.25, 0.3) is 0 Å². The van der Waals surface area contributed by atoms with Crippen molar-refractivity contribution in [2.75, 3.05) is 26.1 Å². The van der Waals surface area contributed by atoms with Crippen molar-refractivity contribution in [2.24, 2.45) is 0 Å². The fourth-order valence-corrected chi connectivity index (χ4v) is 6.32. The van der Waals surface area contributed by atoms with E-state index in [2.05, 4.69) is 27.7 Å². The predicted octanol–water partition coefficient (Wildman–Crippen LogP) is 5.99. The van der Waals surface area contributed by atoms with Gasteiger partial charge in [-0.15, -0.1) is 0 Å². The number of amides is 2. The summed E-state index contributed by atoms with van der Waals surface area (Å²) in [5.74, 6) is -5.67. The second-order valence-corrected chi connectivity index (χ2v) is 10.9. The molecule has 3 N–H and O–H groups in total. The number of carboxylic acid groups (broad SMARTS) is 1. The molecule has 2 aromatic rings. The maximum atomic E-state index is 14.0. The number of fused-ring (bicyclic) bond motifs is 1. The maximum Gasteiger partial charge on any atom is 0.490 e. The first-order chi connectivity index (χ1) is 20.3. The highest BCUT2D eigenvalue weighted by atomic mass is 19.4. The number of anilines is 1. The van der Waals surface area contributed by atoms with E-state index in [1.807, 2.05) is 6.07 Å². The first kappa shape index (κ1) is 32.2. The number of likely N-dealkylation sites (tertiary alicyclic amines) is 1. The molecule has 1 saturated heterocycles. The Balaban J connectivity index is 0.000000541. The molecule has 2 aliphatic carbocycles.